The number of hydrogen-bond acceptors (Lipinski definition) is 3. The van der Waals surface area contributed by atoms with Crippen molar-refractivity contribution in [1.29, 1.82) is 0 Å². The van der Waals surface area contributed by atoms with Crippen molar-refractivity contribution in [3.63, 3.8) is 0 Å². The van der Waals surface area contributed by atoms with E-state index in [2.05, 4.69) is 15.9 Å². The van der Waals surface area contributed by atoms with Crippen LogP contribution < -0.4 is 0 Å². The van der Waals surface area contributed by atoms with E-state index >= 15 is 0 Å². The SMILES string of the molecule is O=C(O)CC1CN(C(=O)c2cc(Br)ccc2Cl)CCO1. The molecule has 1 fully saturated rings. The lowest BCUT2D eigenvalue weighted by Gasteiger charge is -2.32. The first kappa shape index (κ1) is 15.3. The number of aliphatic carboxylic acids is 1. The Morgan fingerprint density at radius 2 is 2.25 bits per heavy atom. The van der Waals surface area contributed by atoms with E-state index in [9.17, 15) is 9.59 Å². The van der Waals surface area contributed by atoms with Gasteiger partial charge in [-0.1, -0.05) is 27.5 Å². The number of carboxylic acids is 1. The molecule has 0 radical (unpaired) electrons. The number of rotatable bonds is 3. The number of halogens is 2. The summed E-state index contributed by atoms with van der Waals surface area (Å²) in [5.41, 5.74) is 0.400. The van der Waals surface area contributed by atoms with Crippen LogP contribution >= 0.6 is 27.5 Å². The van der Waals surface area contributed by atoms with Crippen LogP contribution in [0.15, 0.2) is 22.7 Å². The summed E-state index contributed by atoms with van der Waals surface area (Å²) in [4.78, 5) is 24.7. The zero-order valence-electron chi connectivity index (χ0n) is 10.5. The third kappa shape index (κ3) is 3.71. The fourth-order valence-electron chi connectivity index (χ4n) is 2.05. The Morgan fingerprint density at radius 1 is 1.50 bits per heavy atom. The van der Waals surface area contributed by atoms with E-state index in [1.54, 1.807) is 23.1 Å². The molecule has 1 N–H and O–H groups in total. The van der Waals surface area contributed by atoms with E-state index in [4.69, 9.17) is 21.4 Å². The van der Waals surface area contributed by atoms with Crippen molar-refractivity contribution >= 4 is 39.4 Å². The van der Waals surface area contributed by atoms with E-state index in [1.165, 1.54) is 0 Å². The molecule has 20 heavy (non-hydrogen) atoms. The second-order valence-corrected chi connectivity index (χ2v) is 5.79. The molecule has 0 aliphatic carbocycles. The van der Waals surface area contributed by atoms with Gasteiger partial charge in [0.25, 0.3) is 5.91 Å². The molecule has 0 bridgehead atoms. The van der Waals surface area contributed by atoms with Crippen LogP contribution in [0.2, 0.25) is 5.02 Å². The number of carbonyl (C=O) groups is 2. The first-order chi connectivity index (χ1) is 9.47. The number of ether oxygens (including phenoxy) is 1. The molecule has 2 rings (SSSR count). The largest absolute Gasteiger partial charge is 0.481 e. The van der Waals surface area contributed by atoms with Crippen LogP contribution in [0, 0.1) is 0 Å². The van der Waals surface area contributed by atoms with Crippen LogP contribution in [0.4, 0.5) is 0 Å². The quantitative estimate of drug-likeness (QED) is 0.897. The Morgan fingerprint density at radius 3 is 2.95 bits per heavy atom. The summed E-state index contributed by atoms with van der Waals surface area (Å²) in [7, 11) is 0. The zero-order chi connectivity index (χ0) is 14.7. The van der Waals surface area contributed by atoms with Gasteiger partial charge in [-0.15, -0.1) is 0 Å². The van der Waals surface area contributed by atoms with E-state index in [0.717, 1.165) is 4.47 Å². The van der Waals surface area contributed by atoms with Gasteiger partial charge in [0.05, 0.1) is 29.7 Å². The Kier molecular flexibility index (Phi) is 5.01. The third-order valence-corrected chi connectivity index (χ3v) is 3.81. The smallest absolute Gasteiger partial charge is 0.306 e. The standard InChI is InChI=1S/C13H13BrClNO4/c14-8-1-2-11(15)10(5-8)13(19)16-3-4-20-9(7-16)6-12(17)18/h1-2,5,9H,3-4,6-7H2,(H,17,18). The monoisotopic (exact) mass is 361 g/mol. The predicted molar refractivity (Wildman–Crippen MR) is 77.0 cm³/mol. The van der Waals surface area contributed by atoms with Crippen molar-refractivity contribution in [1.82, 2.24) is 4.90 Å². The molecule has 1 heterocycles. The highest BCUT2D eigenvalue weighted by Gasteiger charge is 2.27. The normalized spacial score (nSPS) is 18.9. The second kappa shape index (κ2) is 6.56. The highest BCUT2D eigenvalue weighted by atomic mass is 79.9. The van der Waals surface area contributed by atoms with Gasteiger partial charge in [0.1, 0.15) is 0 Å². The Balaban J connectivity index is 2.12. The molecule has 1 aromatic carbocycles. The molecule has 1 atom stereocenters. The summed E-state index contributed by atoms with van der Waals surface area (Å²) in [5.74, 6) is -1.15. The number of nitrogens with zero attached hydrogens (tertiary/aromatic N) is 1. The first-order valence-corrected chi connectivity index (χ1v) is 7.22. The van der Waals surface area contributed by atoms with Crippen LogP contribution in [0.25, 0.3) is 0 Å². The van der Waals surface area contributed by atoms with Crippen molar-refractivity contribution in [3.05, 3.63) is 33.3 Å². The van der Waals surface area contributed by atoms with Gasteiger partial charge in [0.2, 0.25) is 0 Å². The van der Waals surface area contributed by atoms with Gasteiger partial charge in [-0.3, -0.25) is 9.59 Å². The second-order valence-electron chi connectivity index (χ2n) is 4.47. The molecule has 108 valence electrons. The van der Waals surface area contributed by atoms with Gasteiger partial charge in [0.15, 0.2) is 0 Å². The van der Waals surface area contributed by atoms with Crippen molar-refractivity contribution in [2.45, 2.75) is 12.5 Å². The minimum Gasteiger partial charge on any atom is -0.481 e. The van der Waals surface area contributed by atoms with Gasteiger partial charge in [-0.05, 0) is 18.2 Å². The molecule has 1 aliphatic rings. The number of amides is 1. The molecule has 0 spiro atoms. The summed E-state index contributed by atoms with van der Waals surface area (Å²) in [6.07, 6.45) is -0.591. The molecule has 1 saturated heterocycles. The minimum atomic E-state index is -0.940. The Hall–Kier alpha value is -1.11. The number of morpholine rings is 1. The lowest BCUT2D eigenvalue weighted by Crippen LogP contribution is -2.46. The summed E-state index contributed by atoms with van der Waals surface area (Å²) < 4.78 is 6.11. The highest BCUT2D eigenvalue weighted by molar-refractivity contribution is 9.10. The average Bonchev–Trinajstić information content (AvgIpc) is 2.40. The van der Waals surface area contributed by atoms with E-state index in [1.807, 2.05) is 0 Å². The lowest BCUT2D eigenvalue weighted by molar-refractivity contribution is -0.141. The van der Waals surface area contributed by atoms with Gasteiger partial charge in [-0.25, -0.2) is 0 Å². The summed E-state index contributed by atoms with van der Waals surface area (Å²) in [6, 6.07) is 5.06. The molecular formula is C13H13BrClNO4. The first-order valence-electron chi connectivity index (χ1n) is 6.05. The Bertz CT molecular complexity index is 537. The van der Waals surface area contributed by atoms with Crippen LogP contribution in [0.5, 0.6) is 0 Å². The minimum absolute atomic E-state index is 0.115. The number of carboxylic acid groups (broad SMARTS) is 1. The predicted octanol–water partition coefficient (Wildman–Crippen LogP) is 2.42. The van der Waals surface area contributed by atoms with Crippen molar-refractivity contribution in [2.75, 3.05) is 19.7 Å². The van der Waals surface area contributed by atoms with Gasteiger partial charge >= 0.3 is 5.97 Å². The third-order valence-electron chi connectivity index (χ3n) is 2.99. The number of benzene rings is 1. The fraction of sp³-hybridized carbons (Fsp3) is 0.385. The molecule has 1 aromatic rings. The molecule has 7 heteroatoms. The Labute approximate surface area is 129 Å². The van der Waals surface area contributed by atoms with Gasteiger partial charge in [0, 0.05) is 17.6 Å². The maximum Gasteiger partial charge on any atom is 0.306 e. The van der Waals surface area contributed by atoms with Crippen molar-refractivity contribution in [2.24, 2.45) is 0 Å². The summed E-state index contributed by atoms with van der Waals surface area (Å²) in [6.45, 7) is 1.01. The van der Waals surface area contributed by atoms with E-state index < -0.39 is 12.1 Å². The van der Waals surface area contributed by atoms with Gasteiger partial charge < -0.3 is 14.7 Å². The van der Waals surface area contributed by atoms with Crippen LogP contribution in [-0.2, 0) is 9.53 Å². The number of hydrogen-bond donors (Lipinski definition) is 1. The maximum atomic E-state index is 12.4. The van der Waals surface area contributed by atoms with Crippen molar-refractivity contribution in [3.8, 4) is 0 Å². The van der Waals surface area contributed by atoms with Gasteiger partial charge in [-0.2, -0.15) is 0 Å². The van der Waals surface area contributed by atoms with Crippen LogP contribution in [-0.4, -0.2) is 47.7 Å². The zero-order valence-corrected chi connectivity index (χ0v) is 12.9. The summed E-state index contributed by atoms with van der Waals surface area (Å²) in [5, 5.41) is 9.15. The fourth-order valence-corrected chi connectivity index (χ4v) is 2.61. The summed E-state index contributed by atoms with van der Waals surface area (Å²) >= 11 is 9.34. The topological polar surface area (TPSA) is 66.8 Å². The lowest BCUT2D eigenvalue weighted by atomic mass is 10.1. The molecule has 1 aliphatic heterocycles. The van der Waals surface area contributed by atoms with Crippen LogP contribution in [0.3, 0.4) is 0 Å². The molecular weight excluding hydrogens is 350 g/mol. The maximum absolute atomic E-state index is 12.4. The van der Waals surface area contributed by atoms with E-state index in [-0.39, 0.29) is 18.9 Å². The highest BCUT2D eigenvalue weighted by Crippen LogP contribution is 2.23. The molecule has 0 saturated carbocycles. The molecule has 1 amide bonds. The average molecular weight is 363 g/mol. The number of carbonyl (C=O) groups excluding carboxylic acids is 1. The van der Waals surface area contributed by atoms with E-state index in [0.29, 0.717) is 23.7 Å². The molecule has 0 aromatic heterocycles. The molecule has 1 unspecified atom stereocenters. The van der Waals surface area contributed by atoms with Crippen LogP contribution in [0.1, 0.15) is 16.8 Å². The molecule has 5 nitrogen and oxygen atoms in total. The van der Waals surface area contributed by atoms with Crippen molar-refractivity contribution < 1.29 is 19.4 Å².